The first-order chi connectivity index (χ1) is 8.24. The zero-order valence-corrected chi connectivity index (χ0v) is 10.6. The van der Waals surface area contributed by atoms with Crippen LogP contribution >= 0.6 is 0 Å². The predicted molar refractivity (Wildman–Crippen MR) is 62.5 cm³/mol. The minimum absolute atomic E-state index is 0.0119. The molecule has 0 aliphatic heterocycles. The molecule has 1 atom stereocenters. The average molecular weight is 281 g/mol. The Bertz CT molecular complexity index is 471. The lowest BCUT2D eigenvalue weighted by molar-refractivity contribution is -0.0447. The minimum atomic E-state index is -5.25. The van der Waals surface area contributed by atoms with Crippen molar-refractivity contribution in [3.63, 3.8) is 0 Å². The van der Waals surface area contributed by atoms with Gasteiger partial charge in [0.05, 0.1) is 0 Å². The van der Waals surface area contributed by atoms with Crippen molar-refractivity contribution in [1.29, 1.82) is 0 Å². The summed E-state index contributed by atoms with van der Waals surface area (Å²) in [5.74, 6) is -0.0119. The van der Waals surface area contributed by atoms with Crippen LogP contribution in [0.3, 0.4) is 0 Å². The zero-order valence-electron chi connectivity index (χ0n) is 9.74. The molecule has 3 nitrogen and oxygen atoms in total. The quantitative estimate of drug-likeness (QED) is 0.901. The molecular weight excluding hydrogens is 267 g/mol. The van der Waals surface area contributed by atoms with E-state index in [0.717, 1.165) is 5.56 Å². The average Bonchev–Trinajstić information content (AvgIpc) is 2.28. The molecule has 7 heteroatoms. The van der Waals surface area contributed by atoms with Gasteiger partial charge in [-0.3, -0.25) is 0 Å². The highest BCUT2D eigenvalue weighted by molar-refractivity contribution is 7.90. The van der Waals surface area contributed by atoms with Crippen molar-refractivity contribution in [3.05, 3.63) is 35.9 Å². The molecule has 1 N–H and O–H groups in total. The predicted octanol–water partition coefficient (Wildman–Crippen LogP) is 2.62. The van der Waals surface area contributed by atoms with Crippen LogP contribution in [0.2, 0.25) is 0 Å². The van der Waals surface area contributed by atoms with Crippen molar-refractivity contribution in [2.24, 2.45) is 0 Å². The Hall–Kier alpha value is -1.08. The van der Waals surface area contributed by atoms with E-state index in [-0.39, 0.29) is 12.5 Å². The summed E-state index contributed by atoms with van der Waals surface area (Å²) in [4.78, 5) is 0. The summed E-state index contributed by atoms with van der Waals surface area (Å²) < 4.78 is 59.1. The molecule has 0 aromatic heterocycles. The number of benzene rings is 1. The van der Waals surface area contributed by atoms with Crippen molar-refractivity contribution < 1.29 is 21.6 Å². The molecule has 0 spiro atoms. The second-order valence-electron chi connectivity index (χ2n) is 3.94. The van der Waals surface area contributed by atoms with Crippen LogP contribution in [0.5, 0.6) is 0 Å². The number of nitrogens with one attached hydrogen (secondary N) is 1. The van der Waals surface area contributed by atoms with E-state index in [1.54, 1.807) is 4.72 Å². The van der Waals surface area contributed by atoms with E-state index in [0.29, 0.717) is 6.42 Å². The maximum Gasteiger partial charge on any atom is 0.511 e. The molecule has 1 unspecified atom stereocenters. The Kier molecular flexibility index (Phi) is 4.75. The molecule has 1 rings (SSSR count). The fraction of sp³-hybridized carbons (Fsp3) is 0.455. The normalized spacial score (nSPS) is 14.4. The number of alkyl halides is 3. The second-order valence-corrected chi connectivity index (χ2v) is 5.70. The van der Waals surface area contributed by atoms with Gasteiger partial charge in [-0.1, -0.05) is 37.3 Å². The van der Waals surface area contributed by atoms with Crippen LogP contribution in [-0.2, 0) is 10.0 Å². The molecule has 0 aliphatic carbocycles. The standard InChI is InChI=1S/C11H14F3NO2S/c1-9(10-5-3-2-4-6-10)7-8-15-18(16,17)11(12,13)14/h2-6,9,15H,7-8H2,1H3. The number of hydrogen-bond acceptors (Lipinski definition) is 2. The summed E-state index contributed by atoms with van der Waals surface area (Å²) in [6.45, 7) is 1.59. The molecule has 0 saturated carbocycles. The first kappa shape index (κ1) is 15.0. The second kappa shape index (κ2) is 5.71. The van der Waals surface area contributed by atoms with Gasteiger partial charge in [-0.15, -0.1) is 0 Å². The molecule has 1 aromatic carbocycles. The fourth-order valence-corrected chi connectivity index (χ4v) is 1.99. The van der Waals surface area contributed by atoms with E-state index in [2.05, 4.69) is 0 Å². The van der Waals surface area contributed by atoms with Gasteiger partial charge in [-0.25, -0.2) is 13.1 Å². The third kappa shape index (κ3) is 3.99. The molecule has 0 amide bonds. The summed E-state index contributed by atoms with van der Waals surface area (Å²) in [5, 5.41) is 0. The lowest BCUT2D eigenvalue weighted by atomic mass is 9.98. The molecule has 102 valence electrons. The van der Waals surface area contributed by atoms with Gasteiger partial charge in [-0.2, -0.15) is 13.2 Å². The summed E-state index contributed by atoms with van der Waals surface area (Å²) >= 11 is 0. The largest absolute Gasteiger partial charge is 0.511 e. The zero-order chi connectivity index (χ0) is 13.8. The maximum absolute atomic E-state index is 12.0. The van der Waals surface area contributed by atoms with E-state index < -0.39 is 15.5 Å². The minimum Gasteiger partial charge on any atom is -0.207 e. The first-order valence-corrected chi connectivity index (χ1v) is 6.83. The highest BCUT2D eigenvalue weighted by atomic mass is 32.2. The monoisotopic (exact) mass is 281 g/mol. The van der Waals surface area contributed by atoms with Gasteiger partial charge in [0.1, 0.15) is 0 Å². The van der Waals surface area contributed by atoms with Crippen LogP contribution in [0.4, 0.5) is 13.2 Å². The van der Waals surface area contributed by atoms with Gasteiger partial charge in [-0.05, 0) is 17.9 Å². The molecule has 0 saturated heterocycles. The Morgan fingerprint density at radius 2 is 1.78 bits per heavy atom. The van der Waals surface area contributed by atoms with Crippen LogP contribution in [0, 0.1) is 0 Å². The highest BCUT2D eigenvalue weighted by Gasteiger charge is 2.45. The van der Waals surface area contributed by atoms with E-state index in [4.69, 9.17) is 0 Å². The topological polar surface area (TPSA) is 46.2 Å². The Morgan fingerprint density at radius 1 is 1.22 bits per heavy atom. The van der Waals surface area contributed by atoms with Crippen molar-refractivity contribution in [2.75, 3.05) is 6.54 Å². The van der Waals surface area contributed by atoms with E-state index >= 15 is 0 Å². The number of hydrogen-bond donors (Lipinski definition) is 1. The molecule has 0 bridgehead atoms. The molecule has 0 aliphatic rings. The molecule has 0 heterocycles. The number of sulfonamides is 1. The molecule has 0 fully saturated rings. The van der Waals surface area contributed by atoms with E-state index in [9.17, 15) is 21.6 Å². The van der Waals surface area contributed by atoms with Crippen molar-refractivity contribution in [2.45, 2.75) is 24.8 Å². The maximum atomic E-state index is 12.0. The smallest absolute Gasteiger partial charge is 0.207 e. The van der Waals surface area contributed by atoms with Crippen LogP contribution in [0.25, 0.3) is 0 Å². The van der Waals surface area contributed by atoms with Gasteiger partial charge in [0.15, 0.2) is 0 Å². The van der Waals surface area contributed by atoms with Crippen LogP contribution in [0.1, 0.15) is 24.8 Å². The number of halogens is 3. The number of rotatable bonds is 5. The summed E-state index contributed by atoms with van der Waals surface area (Å²) in [5.41, 5.74) is -4.29. The van der Waals surface area contributed by atoms with Crippen LogP contribution in [0.15, 0.2) is 30.3 Å². The van der Waals surface area contributed by atoms with Crippen LogP contribution in [-0.4, -0.2) is 20.5 Å². The molecule has 0 radical (unpaired) electrons. The fourth-order valence-electron chi connectivity index (χ4n) is 1.44. The SMILES string of the molecule is CC(CCNS(=O)(=O)C(F)(F)F)c1ccccc1. The van der Waals surface area contributed by atoms with Gasteiger partial charge >= 0.3 is 15.5 Å². The van der Waals surface area contributed by atoms with Gasteiger partial charge in [0.25, 0.3) is 0 Å². The molecule has 1 aromatic rings. The third-order valence-electron chi connectivity index (χ3n) is 2.54. The van der Waals surface area contributed by atoms with E-state index in [1.807, 2.05) is 37.3 Å². The molecular formula is C11H14F3NO2S. The third-order valence-corrected chi connectivity index (χ3v) is 3.74. The van der Waals surface area contributed by atoms with Gasteiger partial charge in [0.2, 0.25) is 0 Å². The lowest BCUT2D eigenvalue weighted by Crippen LogP contribution is -2.37. The van der Waals surface area contributed by atoms with E-state index in [1.165, 1.54) is 0 Å². The Labute approximate surface area is 104 Å². The highest BCUT2D eigenvalue weighted by Crippen LogP contribution is 2.22. The molecule has 18 heavy (non-hydrogen) atoms. The van der Waals surface area contributed by atoms with Crippen molar-refractivity contribution in [1.82, 2.24) is 4.72 Å². The van der Waals surface area contributed by atoms with Crippen LogP contribution < -0.4 is 4.72 Å². The van der Waals surface area contributed by atoms with Gasteiger partial charge in [0, 0.05) is 6.54 Å². The lowest BCUT2D eigenvalue weighted by Gasteiger charge is -2.13. The first-order valence-electron chi connectivity index (χ1n) is 5.35. The summed E-state index contributed by atoms with van der Waals surface area (Å²) in [6.07, 6.45) is 0.305. The summed E-state index contributed by atoms with van der Waals surface area (Å²) in [7, 11) is -5.23. The van der Waals surface area contributed by atoms with Crippen molar-refractivity contribution >= 4 is 10.0 Å². The Balaban J connectivity index is 2.49. The summed E-state index contributed by atoms with van der Waals surface area (Å²) in [6, 6.07) is 9.19. The van der Waals surface area contributed by atoms with Gasteiger partial charge < -0.3 is 0 Å². The van der Waals surface area contributed by atoms with Crippen molar-refractivity contribution in [3.8, 4) is 0 Å². The Morgan fingerprint density at radius 3 is 2.28 bits per heavy atom.